The Hall–Kier alpha value is -2.16. The molecule has 0 bridgehead atoms. The van der Waals surface area contributed by atoms with E-state index in [2.05, 4.69) is 10.00 Å². The second-order valence-electron chi connectivity index (χ2n) is 6.38. The maximum atomic E-state index is 12.7. The molecule has 2 heterocycles. The lowest BCUT2D eigenvalue weighted by Crippen LogP contribution is -2.46. The van der Waals surface area contributed by atoms with Gasteiger partial charge in [-0.2, -0.15) is 5.10 Å². The second kappa shape index (κ2) is 8.89. The predicted octanol–water partition coefficient (Wildman–Crippen LogP) is 1.47. The zero-order valence-electron chi connectivity index (χ0n) is 16.0. The average Bonchev–Trinajstić information content (AvgIpc) is 2.76. The molecule has 0 saturated heterocycles. The maximum absolute atomic E-state index is 12.7. The van der Waals surface area contributed by atoms with E-state index in [0.29, 0.717) is 29.4 Å². The van der Waals surface area contributed by atoms with Crippen molar-refractivity contribution in [1.82, 2.24) is 19.2 Å². The first-order chi connectivity index (χ1) is 12.9. The lowest BCUT2D eigenvalue weighted by molar-refractivity contribution is -0.118. The van der Waals surface area contributed by atoms with Gasteiger partial charge in [0.15, 0.2) is 5.82 Å². The van der Waals surface area contributed by atoms with Gasteiger partial charge in [-0.1, -0.05) is 25.4 Å². The highest BCUT2D eigenvalue weighted by atomic mass is 35.5. The molecule has 0 saturated carbocycles. The first kappa shape index (κ1) is 22.1. The number of carbonyl (C=O) groups is 1. The van der Waals surface area contributed by atoms with Gasteiger partial charge in [0, 0.05) is 24.2 Å². The third kappa shape index (κ3) is 3.99. The van der Waals surface area contributed by atoms with E-state index >= 15 is 0 Å². The molecule has 0 fully saturated rings. The van der Waals surface area contributed by atoms with Gasteiger partial charge in [0.2, 0.25) is 5.91 Å². The fraction of sp³-hybridized carbons (Fsp3) is 0.444. The molecule has 0 N–H and O–H groups in total. The minimum Gasteiger partial charge on any atom is -0.313 e. The Morgan fingerprint density at radius 1 is 1.14 bits per heavy atom. The Balaban J connectivity index is 0.00000280. The topological polar surface area (TPSA) is 80.4 Å². The van der Waals surface area contributed by atoms with Crippen LogP contribution in [0.4, 0.5) is 5.69 Å². The lowest BCUT2D eigenvalue weighted by atomic mass is 10.1. The Morgan fingerprint density at radius 2 is 1.82 bits per heavy atom. The van der Waals surface area contributed by atoms with E-state index in [9.17, 15) is 14.4 Å². The highest BCUT2D eigenvalue weighted by Crippen LogP contribution is 2.33. The van der Waals surface area contributed by atoms with Crippen LogP contribution in [0.25, 0.3) is 11.4 Å². The van der Waals surface area contributed by atoms with Gasteiger partial charge in [-0.3, -0.25) is 19.0 Å². The molecular weight excluding hydrogens is 405 g/mol. The molecule has 0 spiro atoms. The molecule has 1 aliphatic rings. The molecule has 28 heavy (non-hydrogen) atoms. The van der Waals surface area contributed by atoms with Crippen molar-refractivity contribution in [2.24, 2.45) is 0 Å². The molecule has 0 aliphatic carbocycles. The average molecular weight is 428 g/mol. The van der Waals surface area contributed by atoms with Crippen LogP contribution in [0.5, 0.6) is 0 Å². The van der Waals surface area contributed by atoms with Gasteiger partial charge in [0.25, 0.3) is 0 Å². The van der Waals surface area contributed by atoms with Crippen LogP contribution in [0.2, 0.25) is 5.02 Å². The van der Waals surface area contributed by atoms with Crippen molar-refractivity contribution < 1.29 is 4.79 Å². The molecule has 2 aromatic rings. The van der Waals surface area contributed by atoms with E-state index in [1.807, 2.05) is 13.8 Å². The van der Waals surface area contributed by atoms with Crippen LogP contribution in [-0.4, -0.2) is 51.8 Å². The largest absolute Gasteiger partial charge is 0.332 e. The maximum Gasteiger partial charge on any atom is 0.332 e. The number of aromatic nitrogens is 3. The van der Waals surface area contributed by atoms with Crippen LogP contribution in [0.15, 0.2) is 27.8 Å². The van der Waals surface area contributed by atoms with E-state index in [-0.39, 0.29) is 30.7 Å². The summed E-state index contributed by atoms with van der Waals surface area (Å²) in [7, 11) is 1.62. The molecule has 8 nitrogen and oxygen atoms in total. The van der Waals surface area contributed by atoms with Gasteiger partial charge < -0.3 is 9.80 Å². The molecule has 0 unspecified atom stereocenters. The molecule has 0 radical (unpaired) electrons. The third-order valence-corrected chi connectivity index (χ3v) is 5.12. The standard InChI is InChI=1S/C18H22ClN5O3.ClH/c1-4-22(5-2)8-9-24-18(27)17(26)23-11-15(25)21(3)14-7-6-12(19)10-13(14)16(23)20-24;/h6-7,10H,4-5,8-9,11H2,1-3H3;1H. The normalized spacial score (nSPS) is 13.0. The summed E-state index contributed by atoms with van der Waals surface area (Å²) in [5.74, 6) is -0.0316. The molecule has 1 aromatic carbocycles. The molecular formula is C18H23Cl2N5O3. The molecule has 152 valence electrons. The van der Waals surface area contributed by atoms with Crippen molar-refractivity contribution in [3.63, 3.8) is 0 Å². The van der Waals surface area contributed by atoms with Crippen molar-refractivity contribution in [2.75, 3.05) is 31.6 Å². The van der Waals surface area contributed by atoms with Gasteiger partial charge in [-0.15, -0.1) is 12.4 Å². The van der Waals surface area contributed by atoms with Gasteiger partial charge in [-0.05, 0) is 31.3 Å². The molecule has 0 atom stereocenters. The zero-order chi connectivity index (χ0) is 19.7. The monoisotopic (exact) mass is 427 g/mol. The van der Waals surface area contributed by atoms with Crippen molar-refractivity contribution in [1.29, 1.82) is 0 Å². The van der Waals surface area contributed by atoms with E-state index < -0.39 is 11.1 Å². The van der Waals surface area contributed by atoms with Crippen molar-refractivity contribution in [3.8, 4) is 11.4 Å². The predicted molar refractivity (Wildman–Crippen MR) is 112 cm³/mol. The number of carbonyl (C=O) groups excluding carboxylic acids is 1. The van der Waals surface area contributed by atoms with Crippen LogP contribution < -0.4 is 16.0 Å². The summed E-state index contributed by atoms with van der Waals surface area (Å²) in [5, 5.41) is 4.89. The molecule has 1 aromatic heterocycles. The molecule has 1 amide bonds. The van der Waals surface area contributed by atoms with Gasteiger partial charge >= 0.3 is 11.1 Å². The number of hydrogen-bond acceptors (Lipinski definition) is 5. The van der Waals surface area contributed by atoms with Gasteiger partial charge in [0.05, 0.1) is 12.2 Å². The number of amides is 1. The summed E-state index contributed by atoms with van der Waals surface area (Å²) in [6.45, 7) is 6.40. The Labute approximate surface area is 173 Å². The summed E-state index contributed by atoms with van der Waals surface area (Å²) in [6, 6.07) is 5.04. The first-order valence-corrected chi connectivity index (χ1v) is 9.26. The van der Waals surface area contributed by atoms with Crippen LogP contribution in [0.1, 0.15) is 13.8 Å². The molecule has 10 heteroatoms. The number of halogens is 2. The summed E-state index contributed by atoms with van der Waals surface area (Å²) in [6.07, 6.45) is 0. The summed E-state index contributed by atoms with van der Waals surface area (Å²) < 4.78 is 2.32. The number of fused-ring (bicyclic) bond motifs is 3. The van der Waals surface area contributed by atoms with E-state index in [4.69, 9.17) is 11.6 Å². The van der Waals surface area contributed by atoms with Crippen LogP contribution in [0.3, 0.4) is 0 Å². The van der Waals surface area contributed by atoms with E-state index in [0.717, 1.165) is 17.7 Å². The minimum atomic E-state index is -0.755. The summed E-state index contributed by atoms with van der Waals surface area (Å²) >= 11 is 6.14. The number of rotatable bonds is 5. The Kier molecular flexibility index (Phi) is 7.03. The quantitative estimate of drug-likeness (QED) is 0.674. The number of hydrogen-bond donors (Lipinski definition) is 0. The highest BCUT2D eigenvalue weighted by Gasteiger charge is 2.27. The van der Waals surface area contributed by atoms with Crippen LogP contribution in [-0.2, 0) is 17.9 Å². The third-order valence-electron chi connectivity index (χ3n) is 4.88. The number of nitrogens with zero attached hydrogens (tertiary/aromatic N) is 5. The van der Waals surface area contributed by atoms with E-state index in [1.54, 1.807) is 25.2 Å². The number of likely N-dealkylation sites (N-methyl/N-ethyl adjacent to an activating group) is 2. The van der Waals surface area contributed by atoms with Crippen molar-refractivity contribution in [2.45, 2.75) is 26.9 Å². The first-order valence-electron chi connectivity index (χ1n) is 8.88. The zero-order valence-corrected chi connectivity index (χ0v) is 17.6. The highest BCUT2D eigenvalue weighted by molar-refractivity contribution is 6.31. The Bertz CT molecular complexity index is 998. The summed E-state index contributed by atoms with van der Waals surface area (Å²) in [5.41, 5.74) is -0.345. The molecule has 1 aliphatic heterocycles. The van der Waals surface area contributed by atoms with Gasteiger partial charge in [0.1, 0.15) is 6.54 Å². The molecule has 3 rings (SSSR count). The minimum absolute atomic E-state index is 0. The fourth-order valence-electron chi connectivity index (χ4n) is 3.16. The smallest absolute Gasteiger partial charge is 0.313 e. The fourth-order valence-corrected chi connectivity index (χ4v) is 3.34. The second-order valence-corrected chi connectivity index (χ2v) is 6.82. The SMILES string of the molecule is CCN(CC)CCn1nc2n(c(=O)c1=O)CC(=O)N(C)c1ccc(Cl)cc1-2.Cl. The number of benzene rings is 1. The Morgan fingerprint density at radius 3 is 2.46 bits per heavy atom. The van der Waals surface area contributed by atoms with Crippen LogP contribution >= 0.6 is 24.0 Å². The van der Waals surface area contributed by atoms with E-state index in [1.165, 1.54) is 9.58 Å². The van der Waals surface area contributed by atoms with Gasteiger partial charge in [-0.25, -0.2) is 4.68 Å². The summed E-state index contributed by atoms with van der Waals surface area (Å²) in [4.78, 5) is 41.2. The van der Waals surface area contributed by atoms with Crippen LogP contribution in [0, 0.1) is 0 Å². The lowest BCUT2D eigenvalue weighted by Gasteiger charge is -2.19. The van der Waals surface area contributed by atoms with Crippen molar-refractivity contribution >= 4 is 35.6 Å². The number of anilines is 1. The van der Waals surface area contributed by atoms with Crippen molar-refractivity contribution in [3.05, 3.63) is 43.9 Å².